The van der Waals surface area contributed by atoms with Crippen LogP contribution in [-0.4, -0.2) is 47.5 Å². The maximum Gasteiger partial charge on any atom is 0.248 e. The van der Waals surface area contributed by atoms with E-state index in [1.165, 1.54) is 0 Å². The van der Waals surface area contributed by atoms with Gasteiger partial charge in [0.2, 0.25) is 5.91 Å². The molecule has 1 saturated heterocycles. The second kappa shape index (κ2) is 6.00. The SMILES string of the molecule is O=C(COC1CCC(=NO)CC1)N1CCCC1. The summed E-state index contributed by atoms with van der Waals surface area (Å²) >= 11 is 0. The van der Waals surface area contributed by atoms with E-state index in [1.807, 2.05) is 4.90 Å². The van der Waals surface area contributed by atoms with E-state index in [-0.39, 0.29) is 18.6 Å². The Kier molecular flexibility index (Phi) is 4.36. The number of hydrogen-bond acceptors (Lipinski definition) is 4. The van der Waals surface area contributed by atoms with Crippen LogP contribution in [0, 0.1) is 0 Å². The van der Waals surface area contributed by atoms with Crippen molar-refractivity contribution in [1.82, 2.24) is 4.90 Å². The minimum Gasteiger partial charge on any atom is -0.411 e. The van der Waals surface area contributed by atoms with Gasteiger partial charge in [0.25, 0.3) is 0 Å². The second-order valence-electron chi connectivity index (χ2n) is 4.76. The molecule has 1 amide bonds. The molecule has 2 aliphatic rings. The Bertz CT molecular complexity index is 288. The van der Waals surface area contributed by atoms with Crippen molar-refractivity contribution >= 4 is 11.6 Å². The summed E-state index contributed by atoms with van der Waals surface area (Å²) in [7, 11) is 0. The molecule has 0 spiro atoms. The van der Waals surface area contributed by atoms with Gasteiger partial charge in [-0.25, -0.2) is 0 Å². The molecule has 5 nitrogen and oxygen atoms in total. The first-order valence-electron chi connectivity index (χ1n) is 6.39. The fraction of sp³-hybridized carbons (Fsp3) is 0.833. The largest absolute Gasteiger partial charge is 0.411 e. The van der Waals surface area contributed by atoms with Crippen molar-refractivity contribution in [2.45, 2.75) is 44.6 Å². The molecule has 0 aromatic heterocycles. The molecule has 0 atom stereocenters. The number of oxime groups is 1. The number of ether oxygens (including phenoxy) is 1. The first-order chi connectivity index (χ1) is 8.29. The summed E-state index contributed by atoms with van der Waals surface area (Å²) in [6.07, 6.45) is 5.64. The van der Waals surface area contributed by atoms with Gasteiger partial charge in [0, 0.05) is 13.1 Å². The molecule has 1 N–H and O–H groups in total. The number of rotatable bonds is 3. The lowest BCUT2D eigenvalue weighted by molar-refractivity contribution is -0.137. The third kappa shape index (κ3) is 3.43. The van der Waals surface area contributed by atoms with E-state index in [0.717, 1.165) is 57.3 Å². The maximum atomic E-state index is 11.7. The van der Waals surface area contributed by atoms with E-state index in [2.05, 4.69) is 5.16 Å². The van der Waals surface area contributed by atoms with Crippen LogP contribution in [0.3, 0.4) is 0 Å². The molecule has 0 aromatic carbocycles. The van der Waals surface area contributed by atoms with E-state index < -0.39 is 0 Å². The molecule has 5 heteroatoms. The van der Waals surface area contributed by atoms with Crippen molar-refractivity contribution in [2.75, 3.05) is 19.7 Å². The number of nitrogens with zero attached hydrogens (tertiary/aromatic N) is 2. The van der Waals surface area contributed by atoms with E-state index in [4.69, 9.17) is 9.94 Å². The highest BCUT2D eigenvalue weighted by Gasteiger charge is 2.22. The smallest absolute Gasteiger partial charge is 0.248 e. The van der Waals surface area contributed by atoms with Crippen LogP contribution in [0.1, 0.15) is 38.5 Å². The van der Waals surface area contributed by atoms with Gasteiger partial charge in [-0.3, -0.25) is 4.79 Å². The van der Waals surface area contributed by atoms with Crippen LogP contribution < -0.4 is 0 Å². The Morgan fingerprint density at radius 2 is 2.00 bits per heavy atom. The summed E-state index contributed by atoms with van der Waals surface area (Å²) in [6, 6.07) is 0. The van der Waals surface area contributed by atoms with Crippen molar-refractivity contribution in [3.63, 3.8) is 0 Å². The highest BCUT2D eigenvalue weighted by Crippen LogP contribution is 2.19. The Morgan fingerprint density at radius 1 is 1.35 bits per heavy atom. The Hall–Kier alpha value is -1.10. The molecule has 1 aliphatic heterocycles. The summed E-state index contributed by atoms with van der Waals surface area (Å²) in [5, 5.41) is 11.9. The lowest BCUT2D eigenvalue weighted by Crippen LogP contribution is -2.33. The van der Waals surface area contributed by atoms with Crippen molar-refractivity contribution in [2.24, 2.45) is 5.16 Å². The molecule has 0 bridgehead atoms. The summed E-state index contributed by atoms with van der Waals surface area (Å²) in [6.45, 7) is 1.97. The van der Waals surface area contributed by atoms with E-state index in [1.54, 1.807) is 0 Å². The Labute approximate surface area is 101 Å². The summed E-state index contributed by atoms with van der Waals surface area (Å²) in [4.78, 5) is 13.6. The topological polar surface area (TPSA) is 62.1 Å². The average molecular weight is 240 g/mol. The minimum absolute atomic E-state index is 0.115. The van der Waals surface area contributed by atoms with Gasteiger partial charge in [0.1, 0.15) is 6.61 Å². The molecule has 0 aromatic rings. The van der Waals surface area contributed by atoms with Gasteiger partial charge in [0.05, 0.1) is 11.8 Å². The number of hydrogen-bond donors (Lipinski definition) is 1. The van der Waals surface area contributed by atoms with Crippen LogP contribution in [0.25, 0.3) is 0 Å². The van der Waals surface area contributed by atoms with Crippen LogP contribution in [0.5, 0.6) is 0 Å². The molecular weight excluding hydrogens is 220 g/mol. The fourth-order valence-electron chi connectivity index (χ4n) is 2.44. The number of carbonyl (C=O) groups is 1. The molecule has 1 aliphatic carbocycles. The summed E-state index contributed by atoms with van der Waals surface area (Å²) in [5.41, 5.74) is 0.843. The highest BCUT2D eigenvalue weighted by atomic mass is 16.5. The third-order valence-corrected chi connectivity index (χ3v) is 3.55. The zero-order valence-electron chi connectivity index (χ0n) is 10.1. The molecular formula is C12H20N2O3. The molecule has 17 heavy (non-hydrogen) atoms. The van der Waals surface area contributed by atoms with Crippen LogP contribution in [0.15, 0.2) is 5.16 Å². The van der Waals surface area contributed by atoms with Gasteiger partial charge in [0.15, 0.2) is 0 Å². The molecule has 1 heterocycles. The van der Waals surface area contributed by atoms with Gasteiger partial charge in [-0.05, 0) is 38.5 Å². The predicted molar refractivity (Wildman–Crippen MR) is 63.2 cm³/mol. The molecule has 0 unspecified atom stereocenters. The Balaban J connectivity index is 1.66. The van der Waals surface area contributed by atoms with Crippen LogP contribution in [0.2, 0.25) is 0 Å². The zero-order chi connectivity index (χ0) is 12.1. The molecule has 2 fully saturated rings. The summed E-state index contributed by atoms with van der Waals surface area (Å²) < 4.78 is 5.62. The summed E-state index contributed by atoms with van der Waals surface area (Å²) in [5.74, 6) is 0.115. The monoisotopic (exact) mass is 240 g/mol. The van der Waals surface area contributed by atoms with E-state index in [9.17, 15) is 4.79 Å². The van der Waals surface area contributed by atoms with Crippen molar-refractivity contribution in [3.05, 3.63) is 0 Å². The van der Waals surface area contributed by atoms with Gasteiger partial charge in [-0.2, -0.15) is 0 Å². The molecule has 1 saturated carbocycles. The number of amides is 1. The van der Waals surface area contributed by atoms with Gasteiger partial charge in [-0.1, -0.05) is 5.16 Å². The minimum atomic E-state index is 0.115. The third-order valence-electron chi connectivity index (χ3n) is 3.55. The first-order valence-corrected chi connectivity index (χ1v) is 6.39. The first kappa shape index (κ1) is 12.4. The average Bonchev–Trinajstić information content (AvgIpc) is 2.90. The zero-order valence-corrected chi connectivity index (χ0v) is 10.1. The van der Waals surface area contributed by atoms with Gasteiger partial charge < -0.3 is 14.8 Å². The van der Waals surface area contributed by atoms with E-state index >= 15 is 0 Å². The predicted octanol–water partition coefficient (Wildman–Crippen LogP) is 1.40. The molecule has 0 radical (unpaired) electrons. The quantitative estimate of drug-likeness (QED) is 0.599. The van der Waals surface area contributed by atoms with Crippen LogP contribution in [-0.2, 0) is 9.53 Å². The van der Waals surface area contributed by atoms with Crippen molar-refractivity contribution < 1.29 is 14.7 Å². The normalized spacial score (nSPS) is 25.1. The van der Waals surface area contributed by atoms with Crippen LogP contribution >= 0.6 is 0 Å². The lowest BCUT2D eigenvalue weighted by Gasteiger charge is -2.23. The van der Waals surface area contributed by atoms with Crippen LogP contribution in [0.4, 0.5) is 0 Å². The van der Waals surface area contributed by atoms with E-state index in [0.29, 0.717) is 0 Å². The maximum absolute atomic E-state index is 11.7. The molecule has 2 rings (SSSR count). The Morgan fingerprint density at radius 3 is 2.59 bits per heavy atom. The van der Waals surface area contributed by atoms with Crippen molar-refractivity contribution in [1.29, 1.82) is 0 Å². The highest BCUT2D eigenvalue weighted by molar-refractivity contribution is 5.84. The molecule has 96 valence electrons. The lowest BCUT2D eigenvalue weighted by atomic mass is 9.96. The fourth-order valence-corrected chi connectivity index (χ4v) is 2.44. The van der Waals surface area contributed by atoms with Gasteiger partial charge >= 0.3 is 0 Å². The number of likely N-dealkylation sites (tertiary alicyclic amines) is 1. The van der Waals surface area contributed by atoms with Crippen molar-refractivity contribution in [3.8, 4) is 0 Å². The second-order valence-corrected chi connectivity index (χ2v) is 4.76. The standard InChI is InChI=1S/C12H20N2O3/c15-12(14-7-1-2-8-14)9-17-11-5-3-10(13-16)4-6-11/h11,16H,1-9H2. The van der Waals surface area contributed by atoms with Gasteiger partial charge in [-0.15, -0.1) is 0 Å². The number of carbonyl (C=O) groups excluding carboxylic acids is 1.